The number of carbonyl (C=O) groups excluding carboxylic acids is 1. The van der Waals surface area contributed by atoms with Gasteiger partial charge >= 0.3 is 0 Å². The molecule has 0 aliphatic carbocycles. The number of aromatic nitrogens is 2. The number of fused-ring (bicyclic) bond motifs is 1. The van der Waals surface area contributed by atoms with Crippen molar-refractivity contribution in [2.75, 3.05) is 12.4 Å². The second-order valence-electron chi connectivity index (χ2n) is 6.30. The number of benzene rings is 1. The molecule has 1 amide bonds. The van der Waals surface area contributed by atoms with Gasteiger partial charge in [-0.05, 0) is 36.8 Å². The molecule has 3 rings (SSSR count). The lowest BCUT2D eigenvalue weighted by Crippen LogP contribution is -2.23. The predicted molar refractivity (Wildman–Crippen MR) is 108 cm³/mol. The van der Waals surface area contributed by atoms with Crippen molar-refractivity contribution in [3.8, 4) is 6.07 Å². The zero-order valence-electron chi connectivity index (χ0n) is 16.0. The monoisotopic (exact) mass is 410 g/mol. The lowest BCUT2D eigenvalue weighted by molar-refractivity contribution is -0.114. The molecule has 0 spiro atoms. The molecule has 0 radical (unpaired) electrons. The van der Waals surface area contributed by atoms with Gasteiger partial charge in [-0.1, -0.05) is 6.07 Å². The van der Waals surface area contributed by atoms with E-state index in [1.165, 1.54) is 32.4 Å². The third-order valence-electron chi connectivity index (χ3n) is 4.17. The molecule has 0 atom stereocenters. The Hall–Kier alpha value is -3.71. The molecule has 0 aliphatic heterocycles. The van der Waals surface area contributed by atoms with E-state index in [0.717, 1.165) is 4.41 Å². The van der Waals surface area contributed by atoms with Gasteiger partial charge in [0, 0.05) is 31.4 Å². The number of nitrogens with zero attached hydrogens (tertiary/aromatic N) is 5. The van der Waals surface area contributed by atoms with E-state index in [1.807, 2.05) is 6.07 Å². The molecule has 0 unspecified atom stereocenters. The van der Waals surface area contributed by atoms with Crippen LogP contribution in [0, 0.1) is 18.3 Å². The number of carbonyl (C=O) groups is 1. The molecule has 0 aliphatic rings. The standard InChI is InChI=1S/C19H18N6O3S/c1-13-4-5-17(23-14(2)26)9-19(13)29(27,28)24(3)21-11-16-12-22-25-7-6-15(10-20)8-18(16)25/h4-9,11-12H,1-3H3,(H,23,26)/b21-11+. The molecule has 0 fully saturated rings. The zero-order valence-corrected chi connectivity index (χ0v) is 16.8. The summed E-state index contributed by atoms with van der Waals surface area (Å²) in [5, 5.41) is 19.8. The highest BCUT2D eigenvalue weighted by Gasteiger charge is 2.22. The van der Waals surface area contributed by atoms with Gasteiger partial charge in [0.1, 0.15) is 0 Å². The second-order valence-corrected chi connectivity index (χ2v) is 8.22. The van der Waals surface area contributed by atoms with Crippen LogP contribution in [0.15, 0.2) is 52.7 Å². The topological polar surface area (TPSA) is 120 Å². The van der Waals surface area contributed by atoms with Gasteiger partial charge in [-0.3, -0.25) is 4.79 Å². The first-order valence-corrected chi connectivity index (χ1v) is 9.95. The molecular formula is C19H18N6O3S. The summed E-state index contributed by atoms with van der Waals surface area (Å²) in [6.07, 6.45) is 4.54. The molecule has 1 N–H and O–H groups in total. The SMILES string of the molecule is CC(=O)Nc1ccc(C)c(S(=O)(=O)N(C)/N=C/c2cnn3ccc(C#N)cc23)c1. The summed E-state index contributed by atoms with van der Waals surface area (Å²) in [7, 11) is -2.62. The first kappa shape index (κ1) is 20.0. The smallest absolute Gasteiger partial charge is 0.279 e. The molecular weight excluding hydrogens is 392 g/mol. The summed E-state index contributed by atoms with van der Waals surface area (Å²) < 4.78 is 28.3. The highest BCUT2D eigenvalue weighted by molar-refractivity contribution is 7.89. The lowest BCUT2D eigenvalue weighted by atomic mass is 10.2. The van der Waals surface area contributed by atoms with Crippen LogP contribution in [-0.4, -0.2) is 41.6 Å². The fourth-order valence-corrected chi connectivity index (χ4v) is 3.88. The van der Waals surface area contributed by atoms with Crippen molar-refractivity contribution in [1.82, 2.24) is 14.0 Å². The van der Waals surface area contributed by atoms with Crippen LogP contribution in [0.1, 0.15) is 23.6 Å². The van der Waals surface area contributed by atoms with Crippen LogP contribution in [-0.2, 0) is 14.8 Å². The number of aryl methyl sites for hydroxylation is 1. The number of amides is 1. The lowest BCUT2D eigenvalue weighted by Gasteiger charge is -2.16. The van der Waals surface area contributed by atoms with Crippen molar-refractivity contribution < 1.29 is 13.2 Å². The summed E-state index contributed by atoms with van der Waals surface area (Å²) in [6, 6.07) is 9.96. The summed E-state index contributed by atoms with van der Waals surface area (Å²) in [5.41, 5.74) is 2.55. The van der Waals surface area contributed by atoms with E-state index in [2.05, 4.69) is 15.5 Å². The van der Waals surface area contributed by atoms with Gasteiger partial charge in [-0.2, -0.15) is 28.3 Å². The summed E-state index contributed by atoms with van der Waals surface area (Å²) >= 11 is 0. The minimum absolute atomic E-state index is 0.0371. The Bertz CT molecular complexity index is 1270. The summed E-state index contributed by atoms with van der Waals surface area (Å²) in [5.74, 6) is -0.298. The molecule has 2 heterocycles. The number of nitrogens with one attached hydrogen (secondary N) is 1. The van der Waals surface area contributed by atoms with E-state index in [0.29, 0.717) is 27.9 Å². The zero-order chi connectivity index (χ0) is 21.2. The van der Waals surface area contributed by atoms with Crippen LogP contribution in [0.25, 0.3) is 5.52 Å². The Labute approximate surface area is 167 Å². The molecule has 9 nitrogen and oxygen atoms in total. The molecule has 3 aromatic rings. The minimum atomic E-state index is -3.94. The van der Waals surface area contributed by atoms with Crippen LogP contribution in [0.2, 0.25) is 0 Å². The van der Waals surface area contributed by atoms with Crippen LogP contribution in [0.3, 0.4) is 0 Å². The summed E-state index contributed by atoms with van der Waals surface area (Å²) in [4.78, 5) is 11.3. The highest BCUT2D eigenvalue weighted by atomic mass is 32.2. The van der Waals surface area contributed by atoms with Crippen LogP contribution in [0.4, 0.5) is 5.69 Å². The summed E-state index contributed by atoms with van der Waals surface area (Å²) in [6.45, 7) is 3.01. The van der Waals surface area contributed by atoms with Crippen LogP contribution < -0.4 is 5.32 Å². The second kappa shape index (κ2) is 7.73. The van der Waals surface area contributed by atoms with Crippen molar-refractivity contribution in [3.63, 3.8) is 0 Å². The van der Waals surface area contributed by atoms with Crippen LogP contribution >= 0.6 is 0 Å². The van der Waals surface area contributed by atoms with Gasteiger partial charge in [0.25, 0.3) is 10.0 Å². The van der Waals surface area contributed by atoms with Crippen LogP contribution in [0.5, 0.6) is 0 Å². The fraction of sp³-hybridized carbons (Fsp3) is 0.158. The minimum Gasteiger partial charge on any atom is -0.326 e. The first-order chi connectivity index (χ1) is 13.7. The molecule has 0 saturated heterocycles. The predicted octanol–water partition coefficient (Wildman–Crippen LogP) is 2.13. The molecule has 29 heavy (non-hydrogen) atoms. The number of sulfonamides is 1. The molecule has 0 saturated carbocycles. The normalized spacial score (nSPS) is 11.5. The van der Waals surface area contributed by atoms with Crippen molar-refractivity contribution in [2.24, 2.45) is 5.10 Å². The van der Waals surface area contributed by atoms with E-state index in [9.17, 15) is 13.2 Å². The Morgan fingerprint density at radius 1 is 1.34 bits per heavy atom. The Morgan fingerprint density at radius 3 is 2.79 bits per heavy atom. The van der Waals surface area contributed by atoms with E-state index < -0.39 is 10.0 Å². The number of hydrogen-bond donors (Lipinski definition) is 1. The Balaban J connectivity index is 1.93. The van der Waals surface area contributed by atoms with Gasteiger partial charge in [0.15, 0.2) is 0 Å². The average molecular weight is 410 g/mol. The molecule has 0 bridgehead atoms. The fourth-order valence-electron chi connectivity index (χ4n) is 2.68. The number of anilines is 1. The van der Waals surface area contributed by atoms with E-state index in [4.69, 9.17) is 5.26 Å². The quantitative estimate of drug-likeness (QED) is 0.510. The largest absolute Gasteiger partial charge is 0.326 e. The maximum absolute atomic E-state index is 13.0. The molecule has 1 aromatic carbocycles. The molecule has 148 valence electrons. The maximum atomic E-state index is 13.0. The van der Waals surface area contributed by atoms with Gasteiger partial charge < -0.3 is 5.32 Å². The van der Waals surface area contributed by atoms with Crippen molar-refractivity contribution >= 4 is 33.3 Å². The average Bonchev–Trinajstić information content (AvgIpc) is 3.09. The van der Waals surface area contributed by atoms with Crippen molar-refractivity contribution in [2.45, 2.75) is 18.7 Å². The Kier molecular flexibility index (Phi) is 5.34. The van der Waals surface area contributed by atoms with E-state index >= 15 is 0 Å². The third-order valence-corrected chi connectivity index (χ3v) is 5.96. The third kappa shape index (κ3) is 4.09. The number of pyridine rings is 1. The number of nitriles is 1. The van der Waals surface area contributed by atoms with E-state index in [-0.39, 0.29) is 10.8 Å². The van der Waals surface area contributed by atoms with Crippen molar-refractivity contribution in [3.05, 3.63) is 59.4 Å². The number of rotatable bonds is 5. The van der Waals surface area contributed by atoms with E-state index in [1.54, 1.807) is 41.9 Å². The van der Waals surface area contributed by atoms with Gasteiger partial charge in [-0.15, -0.1) is 0 Å². The number of hydrogen-bond acceptors (Lipinski definition) is 6. The molecule has 10 heteroatoms. The van der Waals surface area contributed by atoms with Gasteiger partial charge in [0.05, 0.1) is 34.5 Å². The highest BCUT2D eigenvalue weighted by Crippen LogP contribution is 2.23. The van der Waals surface area contributed by atoms with Crippen molar-refractivity contribution in [1.29, 1.82) is 5.26 Å². The number of hydrazone groups is 1. The van der Waals surface area contributed by atoms with Gasteiger partial charge in [0.2, 0.25) is 5.91 Å². The van der Waals surface area contributed by atoms with Gasteiger partial charge in [-0.25, -0.2) is 4.52 Å². The molecule has 2 aromatic heterocycles. The first-order valence-electron chi connectivity index (χ1n) is 8.51. The Morgan fingerprint density at radius 2 is 2.10 bits per heavy atom. The maximum Gasteiger partial charge on any atom is 0.279 e.